The van der Waals surface area contributed by atoms with E-state index in [0.717, 1.165) is 0 Å². The van der Waals surface area contributed by atoms with Gasteiger partial charge in [-0.1, -0.05) is 0 Å². The highest BCUT2D eigenvalue weighted by Crippen LogP contribution is 2.15. The Balaban J connectivity index is 0.000000112. The van der Waals surface area contributed by atoms with Crippen LogP contribution in [-0.2, 0) is 0 Å². The van der Waals surface area contributed by atoms with Crippen LogP contribution in [0.15, 0.2) is 62.4 Å². The summed E-state index contributed by atoms with van der Waals surface area (Å²) in [7, 11) is 0. The average molecular weight is 187 g/mol. The Labute approximate surface area is 79.0 Å². The Bertz CT molecular complexity index is 364. The number of rotatable bonds is 0. The summed E-state index contributed by atoms with van der Waals surface area (Å²) in [5.74, 6) is 0.519. The van der Waals surface area contributed by atoms with Gasteiger partial charge in [0.1, 0.15) is 6.33 Å². The first-order valence-corrected chi connectivity index (χ1v) is 3.77. The molecule has 0 aliphatic carbocycles. The molecular weight excluding hydrogens is 182 g/mol. The predicted molar refractivity (Wildman–Crippen MR) is 47.3 cm³/mol. The minimum atomic E-state index is 0.519. The van der Waals surface area contributed by atoms with Gasteiger partial charge in [-0.25, -0.2) is 9.97 Å². The van der Waals surface area contributed by atoms with E-state index in [1.54, 1.807) is 18.5 Å². The standard InChI is InChI=1S/C4H4N2.C3HN5/c1-2-5-4-6-3-1;1-2-3(6-4-1)7-8-5-2/h1-4H;1H. The van der Waals surface area contributed by atoms with E-state index in [1.807, 2.05) is 0 Å². The van der Waals surface area contributed by atoms with Crippen molar-refractivity contribution in [2.24, 2.45) is 25.7 Å². The fourth-order valence-corrected chi connectivity index (χ4v) is 0.755. The lowest BCUT2D eigenvalue weighted by molar-refractivity contribution is 1.08. The van der Waals surface area contributed by atoms with E-state index in [2.05, 4.69) is 35.6 Å². The molecule has 3 rings (SSSR count). The summed E-state index contributed by atoms with van der Waals surface area (Å²) in [5, 5.41) is 17.6. The molecule has 0 radical (unpaired) electrons. The molecule has 0 aromatic carbocycles. The zero-order valence-electron chi connectivity index (χ0n) is 7.02. The van der Waals surface area contributed by atoms with Gasteiger partial charge < -0.3 is 0 Å². The van der Waals surface area contributed by atoms with Crippen molar-refractivity contribution in [2.45, 2.75) is 0 Å². The van der Waals surface area contributed by atoms with E-state index < -0.39 is 0 Å². The van der Waals surface area contributed by atoms with Crippen LogP contribution in [0.3, 0.4) is 0 Å². The third-order valence-electron chi connectivity index (χ3n) is 1.33. The van der Waals surface area contributed by atoms with E-state index in [9.17, 15) is 0 Å². The molecule has 68 valence electrons. The molecule has 0 spiro atoms. The quantitative estimate of drug-likeness (QED) is 0.616. The Morgan fingerprint density at radius 3 is 2.43 bits per heavy atom. The van der Waals surface area contributed by atoms with Crippen molar-refractivity contribution in [2.75, 3.05) is 0 Å². The molecule has 0 fully saturated rings. The zero-order valence-corrected chi connectivity index (χ0v) is 7.02. The Kier molecular flexibility index (Phi) is 2.42. The molecule has 3 heterocycles. The van der Waals surface area contributed by atoms with Crippen molar-refractivity contribution in [1.82, 2.24) is 9.97 Å². The molecule has 0 N–H and O–H groups in total. The molecule has 1 aromatic rings. The van der Waals surface area contributed by atoms with Crippen LogP contribution < -0.4 is 0 Å². The molecule has 7 nitrogen and oxygen atoms in total. The van der Waals surface area contributed by atoms with Crippen molar-refractivity contribution in [3.63, 3.8) is 0 Å². The first-order chi connectivity index (χ1) is 6.97. The van der Waals surface area contributed by atoms with Crippen LogP contribution >= 0.6 is 0 Å². The second-order valence-corrected chi connectivity index (χ2v) is 2.25. The monoisotopic (exact) mass is 187 g/mol. The number of amidine groups is 1. The van der Waals surface area contributed by atoms with Crippen LogP contribution in [0, 0.1) is 0 Å². The highest BCUT2D eigenvalue weighted by atomic mass is 15.5. The van der Waals surface area contributed by atoms with Gasteiger partial charge in [-0.2, -0.15) is 5.11 Å². The van der Waals surface area contributed by atoms with E-state index >= 15 is 0 Å². The summed E-state index contributed by atoms with van der Waals surface area (Å²) < 4.78 is 0. The van der Waals surface area contributed by atoms with E-state index in [-0.39, 0.29) is 0 Å². The average Bonchev–Trinajstić information content (AvgIpc) is 2.82. The third kappa shape index (κ3) is 1.89. The van der Waals surface area contributed by atoms with Gasteiger partial charge in [0.15, 0.2) is 5.70 Å². The normalized spacial score (nSPS) is 15.4. The summed E-state index contributed by atoms with van der Waals surface area (Å²) in [6.45, 7) is 0. The van der Waals surface area contributed by atoms with E-state index in [0.29, 0.717) is 11.5 Å². The highest BCUT2D eigenvalue weighted by Gasteiger charge is 2.14. The molecule has 0 bridgehead atoms. The molecule has 0 atom stereocenters. The molecule has 1 aromatic heterocycles. The fourth-order valence-electron chi connectivity index (χ4n) is 0.755. The van der Waals surface area contributed by atoms with Gasteiger partial charge in [0, 0.05) is 12.4 Å². The number of fused-ring (bicyclic) bond motifs is 1. The number of azo groups is 1. The second kappa shape index (κ2) is 4.08. The summed E-state index contributed by atoms with van der Waals surface area (Å²) in [6, 6.07) is 1.78. The molecule has 0 amide bonds. The van der Waals surface area contributed by atoms with Gasteiger partial charge in [0.2, 0.25) is 5.84 Å². The van der Waals surface area contributed by atoms with Gasteiger partial charge in [-0.05, 0) is 11.3 Å². The Hall–Kier alpha value is -2.31. The predicted octanol–water partition coefficient (Wildman–Crippen LogP) is 1.55. The van der Waals surface area contributed by atoms with Crippen molar-refractivity contribution >= 4 is 5.84 Å². The summed E-state index contributed by atoms with van der Waals surface area (Å²) in [4.78, 5) is 7.35. The summed E-state index contributed by atoms with van der Waals surface area (Å²) in [6.07, 6.45) is 6.40. The highest BCUT2D eigenvalue weighted by molar-refractivity contribution is 6.00. The molecule has 2 aliphatic heterocycles. The van der Waals surface area contributed by atoms with Crippen LogP contribution in [0.5, 0.6) is 0 Å². The van der Waals surface area contributed by atoms with E-state index in [1.165, 1.54) is 12.5 Å². The summed E-state index contributed by atoms with van der Waals surface area (Å²) >= 11 is 0. The molecule has 0 unspecified atom stereocenters. The molecule has 0 saturated heterocycles. The largest absolute Gasteiger partial charge is 0.245 e. The maximum Gasteiger partial charge on any atom is 0.227 e. The van der Waals surface area contributed by atoms with Gasteiger partial charge in [0.05, 0.1) is 6.20 Å². The SMILES string of the molecule is C1=C2N=NN=C2N=N1.c1cncnc1. The molecular formula is C7H5N7. The zero-order chi connectivity index (χ0) is 9.64. The summed E-state index contributed by atoms with van der Waals surface area (Å²) in [5.41, 5.74) is 0.657. The van der Waals surface area contributed by atoms with Crippen molar-refractivity contribution in [1.29, 1.82) is 0 Å². The van der Waals surface area contributed by atoms with Crippen molar-refractivity contribution in [3.8, 4) is 0 Å². The minimum absolute atomic E-state index is 0.519. The van der Waals surface area contributed by atoms with Crippen LogP contribution in [0.25, 0.3) is 0 Å². The van der Waals surface area contributed by atoms with Crippen LogP contribution in [0.2, 0.25) is 0 Å². The molecule has 14 heavy (non-hydrogen) atoms. The van der Waals surface area contributed by atoms with Gasteiger partial charge in [-0.3, -0.25) is 0 Å². The van der Waals surface area contributed by atoms with Gasteiger partial charge in [0.25, 0.3) is 0 Å². The fraction of sp³-hybridized carbons (Fsp3) is 0. The number of nitrogens with zero attached hydrogens (tertiary/aromatic N) is 7. The smallest absolute Gasteiger partial charge is 0.227 e. The third-order valence-corrected chi connectivity index (χ3v) is 1.33. The van der Waals surface area contributed by atoms with Gasteiger partial charge >= 0.3 is 0 Å². The minimum Gasteiger partial charge on any atom is -0.245 e. The maximum atomic E-state index is 3.67. The van der Waals surface area contributed by atoms with Crippen molar-refractivity contribution < 1.29 is 0 Å². The van der Waals surface area contributed by atoms with Crippen molar-refractivity contribution in [3.05, 3.63) is 36.7 Å². The second-order valence-electron chi connectivity index (χ2n) is 2.25. The Morgan fingerprint density at radius 1 is 1.00 bits per heavy atom. The van der Waals surface area contributed by atoms with Crippen LogP contribution in [-0.4, -0.2) is 15.8 Å². The topological polar surface area (TPSA) is 87.6 Å². The first-order valence-electron chi connectivity index (χ1n) is 3.77. The Morgan fingerprint density at radius 2 is 1.86 bits per heavy atom. The van der Waals surface area contributed by atoms with E-state index in [4.69, 9.17) is 0 Å². The first kappa shape index (κ1) is 8.30. The van der Waals surface area contributed by atoms with Crippen LogP contribution in [0.1, 0.15) is 0 Å². The maximum absolute atomic E-state index is 3.67. The number of hydrogen-bond acceptors (Lipinski definition) is 7. The lowest BCUT2D eigenvalue weighted by Crippen LogP contribution is -1.83. The molecule has 0 saturated carbocycles. The molecule has 7 heteroatoms. The number of hydrogen-bond donors (Lipinski definition) is 0. The molecule has 2 aliphatic rings. The lowest BCUT2D eigenvalue weighted by Gasteiger charge is -1.73. The van der Waals surface area contributed by atoms with Gasteiger partial charge in [-0.15, -0.1) is 15.3 Å². The van der Waals surface area contributed by atoms with Crippen LogP contribution in [0.4, 0.5) is 0 Å². The lowest BCUT2D eigenvalue weighted by atomic mass is 10.5. The number of aromatic nitrogens is 2.